The number of cyclic esters (lactones) is 1. The molecule has 0 saturated carbocycles. The van der Waals surface area contributed by atoms with Crippen LogP contribution >= 0.6 is 0 Å². The number of aromatic nitrogens is 1. The largest absolute Gasteiger partial charge is 0.443 e. The molecule has 7 heteroatoms. The molecule has 2 heterocycles. The standard InChI is InChI=1S/C21H23N3O4/c1-20(2,3)27-19(26)24-14(12-22)8-10-16(24)13-7-9-17-15(11-13)21(4,5)28-18(25)23(17)6/h7-11H,1-6H3. The summed E-state index contributed by atoms with van der Waals surface area (Å²) >= 11 is 0. The van der Waals surface area contributed by atoms with Gasteiger partial charge in [-0.3, -0.25) is 4.90 Å². The Hall–Kier alpha value is -3.27. The molecule has 1 aromatic carbocycles. The molecule has 1 aliphatic heterocycles. The molecule has 3 rings (SSSR count). The second-order valence-electron chi connectivity index (χ2n) is 8.20. The van der Waals surface area contributed by atoms with Crippen molar-refractivity contribution in [3.8, 4) is 17.3 Å². The van der Waals surface area contributed by atoms with E-state index in [0.717, 1.165) is 11.3 Å². The molecular weight excluding hydrogens is 358 g/mol. The number of fused-ring (bicyclic) bond motifs is 1. The first-order chi connectivity index (χ1) is 12.9. The molecule has 0 saturated heterocycles. The summed E-state index contributed by atoms with van der Waals surface area (Å²) in [4.78, 5) is 26.2. The van der Waals surface area contributed by atoms with Crippen LogP contribution in [0.3, 0.4) is 0 Å². The number of hydrogen-bond acceptors (Lipinski definition) is 5. The van der Waals surface area contributed by atoms with Gasteiger partial charge in [0, 0.05) is 12.6 Å². The molecule has 1 aromatic heterocycles. The van der Waals surface area contributed by atoms with Gasteiger partial charge in [-0.2, -0.15) is 5.26 Å². The summed E-state index contributed by atoms with van der Waals surface area (Å²) in [6, 6.07) is 10.8. The Morgan fingerprint density at radius 2 is 1.89 bits per heavy atom. The molecule has 0 fully saturated rings. The van der Waals surface area contributed by atoms with Crippen LogP contribution in [0.25, 0.3) is 11.3 Å². The molecule has 1 aliphatic rings. The van der Waals surface area contributed by atoms with Crippen LogP contribution in [0.2, 0.25) is 0 Å². The topological polar surface area (TPSA) is 84.6 Å². The first-order valence-corrected chi connectivity index (χ1v) is 8.91. The molecule has 0 atom stereocenters. The minimum Gasteiger partial charge on any atom is -0.443 e. The Labute approximate surface area is 164 Å². The number of hydrogen-bond donors (Lipinski definition) is 0. The number of carbonyl (C=O) groups is 2. The summed E-state index contributed by atoms with van der Waals surface area (Å²) in [5, 5.41) is 9.42. The zero-order valence-corrected chi connectivity index (χ0v) is 16.9. The van der Waals surface area contributed by atoms with Crippen molar-refractivity contribution in [2.45, 2.75) is 45.8 Å². The molecule has 0 radical (unpaired) electrons. The van der Waals surface area contributed by atoms with Crippen molar-refractivity contribution in [3.63, 3.8) is 0 Å². The third-order valence-corrected chi connectivity index (χ3v) is 4.49. The van der Waals surface area contributed by atoms with E-state index >= 15 is 0 Å². The molecule has 146 valence electrons. The van der Waals surface area contributed by atoms with Gasteiger partial charge in [-0.05, 0) is 64.4 Å². The Morgan fingerprint density at radius 3 is 2.50 bits per heavy atom. The van der Waals surface area contributed by atoms with Crippen LogP contribution in [-0.2, 0) is 15.1 Å². The van der Waals surface area contributed by atoms with Crippen LogP contribution in [0, 0.1) is 11.3 Å². The Kier molecular flexibility index (Phi) is 4.46. The molecule has 0 N–H and O–H groups in total. The minimum atomic E-state index is -0.823. The number of benzene rings is 1. The lowest BCUT2D eigenvalue weighted by molar-refractivity contribution is 0.0362. The van der Waals surface area contributed by atoms with E-state index in [1.54, 1.807) is 46.0 Å². The van der Waals surface area contributed by atoms with Crippen molar-refractivity contribution in [3.05, 3.63) is 41.6 Å². The van der Waals surface area contributed by atoms with Crippen LogP contribution < -0.4 is 4.90 Å². The normalized spacial score (nSPS) is 15.5. The number of ether oxygens (including phenoxy) is 2. The van der Waals surface area contributed by atoms with Crippen LogP contribution in [0.1, 0.15) is 45.9 Å². The van der Waals surface area contributed by atoms with E-state index in [-0.39, 0.29) is 5.69 Å². The number of rotatable bonds is 1. The molecule has 0 aliphatic carbocycles. The molecule has 28 heavy (non-hydrogen) atoms. The zero-order valence-electron chi connectivity index (χ0n) is 16.9. The maximum absolute atomic E-state index is 12.7. The van der Waals surface area contributed by atoms with Crippen molar-refractivity contribution >= 4 is 17.9 Å². The first-order valence-electron chi connectivity index (χ1n) is 8.91. The highest BCUT2D eigenvalue weighted by atomic mass is 16.6. The van der Waals surface area contributed by atoms with Gasteiger partial charge >= 0.3 is 12.2 Å². The average molecular weight is 381 g/mol. The predicted molar refractivity (Wildman–Crippen MR) is 104 cm³/mol. The SMILES string of the molecule is CN1C(=O)OC(C)(C)c2cc(-c3ccc(C#N)n3C(=O)OC(C)(C)C)ccc21. The van der Waals surface area contributed by atoms with E-state index in [2.05, 4.69) is 0 Å². The molecule has 7 nitrogen and oxygen atoms in total. The number of amides is 1. The fourth-order valence-corrected chi connectivity index (χ4v) is 3.16. The van der Waals surface area contributed by atoms with E-state index in [4.69, 9.17) is 9.47 Å². The van der Waals surface area contributed by atoms with Crippen molar-refractivity contribution in [2.24, 2.45) is 0 Å². The van der Waals surface area contributed by atoms with Crippen LogP contribution in [-0.4, -0.2) is 29.4 Å². The number of nitrogens with zero attached hydrogens (tertiary/aromatic N) is 3. The predicted octanol–water partition coefficient (Wildman–Crippen LogP) is 4.63. The fourth-order valence-electron chi connectivity index (χ4n) is 3.16. The van der Waals surface area contributed by atoms with Gasteiger partial charge in [0.15, 0.2) is 0 Å². The van der Waals surface area contributed by atoms with E-state index in [0.29, 0.717) is 11.3 Å². The monoisotopic (exact) mass is 381 g/mol. The van der Waals surface area contributed by atoms with Gasteiger partial charge in [-0.1, -0.05) is 6.07 Å². The second kappa shape index (κ2) is 6.41. The number of anilines is 1. The summed E-state index contributed by atoms with van der Waals surface area (Å²) < 4.78 is 12.2. The van der Waals surface area contributed by atoms with Gasteiger partial charge in [0.25, 0.3) is 0 Å². The van der Waals surface area contributed by atoms with Crippen LogP contribution in [0.15, 0.2) is 30.3 Å². The summed E-state index contributed by atoms with van der Waals surface area (Å²) in [6.07, 6.45) is -1.04. The Bertz CT molecular complexity index is 1010. The summed E-state index contributed by atoms with van der Waals surface area (Å²) in [5.74, 6) is 0. The van der Waals surface area contributed by atoms with Gasteiger partial charge < -0.3 is 9.47 Å². The molecule has 0 spiro atoms. The third kappa shape index (κ3) is 3.33. The van der Waals surface area contributed by atoms with Gasteiger partial charge in [0.05, 0.1) is 11.4 Å². The van der Waals surface area contributed by atoms with E-state index < -0.39 is 23.4 Å². The van der Waals surface area contributed by atoms with Crippen molar-refractivity contribution in [1.29, 1.82) is 5.26 Å². The smallest absolute Gasteiger partial charge is 0.420 e. The highest BCUT2D eigenvalue weighted by Gasteiger charge is 2.37. The van der Waals surface area contributed by atoms with Crippen molar-refractivity contribution in [2.75, 3.05) is 11.9 Å². The van der Waals surface area contributed by atoms with E-state index in [1.807, 2.05) is 32.0 Å². The molecule has 2 aromatic rings. The number of carbonyl (C=O) groups excluding carboxylic acids is 2. The van der Waals surface area contributed by atoms with Gasteiger partial charge in [-0.25, -0.2) is 14.2 Å². The maximum Gasteiger partial charge on any atom is 0.420 e. The lowest BCUT2D eigenvalue weighted by Gasteiger charge is -2.37. The van der Waals surface area contributed by atoms with E-state index in [9.17, 15) is 14.9 Å². The summed E-state index contributed by atoms with van der Waals surface area (Å²) in [7, 11) is 1.65. The molecule has 1 amide bonds. The van der Waals surface area contributed by atoms with Gasteiger partial charge in [-0.15, -0.1) is 0 Å². The fraction of sp³-hybridized carbons (Fsp3) is 0.381. The number of nitriles is 1. The lowest BCUT2D eigenvalue weighted by atomic mass is 9.92. The zero-order chi connectivity index (χ0) is 20.9. The first kappa shape index (κ1) is 19.5. The third-order valence-electron chi connectivity index (χ3n) is 4.49. The Balaban J connectivity index is 2.14. The van der Waals surface area contributed by atoms with Crippen molar-refractivity contribution in [1.82, 2.24) is 4.57 Å². The van der Waals surface area contributed by atoms with E-state index in [1.165, 1.54) is 9.47 Å². The maximum atomic E-state index is 12.7. The minimum absolute atomic E-state index is 0.185. The lowest BCUT2D eigenvalue weighted by Crippen LogP contribution is -2.41. The highest BCUT2D eigenvalue weighted by Crippen LogP contribution is 2.40. The molecule has 0 unspecified atom stereocenters. The second-order valence-corrected chi connectivity index (χ2v) is 8.20. The van der Waals surface area contributed by atoms with Crippen LogP contribution in [0.5, 0.6) is 0 Å². The van der Waals surface area contributed by atoms with Crippen molar-refractivity contribution < 1.29 is 19.1 Å². The van der Waals surface area contributed by atoms with Crippen LogP contribution in [0.4, 0.5) is 15.3 Å². The van der Waals surface area contributed by atoms with Gasteiger partial charge in [0.2, 0.25) is 0 Å². The summed E-state index contributed by atoms with van der Waals surface area (Å²) in [6.45, 7) is 8.94. The quantitative estimate of drug-likeness (QED) is 0.719. The average Bonchev–Trinajstić information content (AvgIpc) is 3.02. The van der Waals surface area contributed by atoms with Gasteiger partial charge in [0.1, 0.15) is 23.0 Å². The molecule has 0 bridgehead atoms. The Morgan fingerprint density at radius 1 is 1.21 bits per heavy atom. The summed E-state index contributed by atoms with van der Waals surface area (Å²) in [5.41, 5.74) is 1.46. The molecular formula is C21H23N3O4. The highest BCUT2D eigenvalue weighted by molar-refractivity contribution is 5.92.